The number of hydrogen-bond donors (Lipinski definition) is 2. The summed E-state index contributed by atoms with van der Waals surface area (Å²) < 4.78 is 5.39. The minimum Gasteiger partial charge on any atom is -0.487 e. The highest BCUT2D eigenvalue weighted by atomic mass is 16.5. The third-order valence-corrected chi connectivity index (χ3v) is 3.20. The Morgan fingerprint density at radius 1 is 1.27 bits per heavy atom. The maximum Gasteiger partial charge on any atom is 0.251 e. The van der Waals surface area contributed by atoms with Crippen molar-refractivity contribution >= 4 is 11.6 Å². The molecule has 0 aromatic heterocycles. The first-order valence-electron chi connectivity index (χ1n) is 7.07. The molecule has 0 aliphatic rings. The molecule has 0 aliphatic heterocycles. The summed E-state index contributed by atoms with van der Waals surface area (Å²) in [6.07, 6.45) is 1.64. The maximum absolute atomic E-state index is 12.1. The molecule has 0 spiro atoms. The summed E-state index contributed by atoms with van der Waals surface area (Å²) in [5, 5.41) is 2.87. The molecular formula is C18H20N2O2. The standard InChI is InChI=1S/C18H20N2O2/c1-3-10-22-17-9-8-15(11-16(17)19)18(21)20-12-14-6-4-13(2)5-7-14/h3-9,11H,1,10,12,19H2,2H3,(H,20,21). The predicted octanol–water partition coefficient (Wildman–Crippen LogP) is 3.07. The second kappa shape index (κ2) is 7.31. The number of nitrogens with two attached hydrogens (primary N) is 1. The first-order valence-corrected chi connectivity index (χ1v) is 7.07. The van der Waals surface area contributed by atoms with Gasteiger partial charge in [-0.15, -0.1) is 0 Å². The monoisotopic (exact) mass is 296 g/mol. The number of hydrogen-bond acceptors (Lipinski definition) is 3. The minimum absolute atomic E-state index is 0.164. The smallest absolute Gasteiger partial charge is 0.251 e. The molecule has 2 aromatic rings. The number of ether oxygens (including phenoxy) is 1. The highest BCUT2D eigenvalue weighted by Crippen LogP contribution is 2.22. The van der Waals surface area contributed by atoms with Gasteiger partial charge in [0.2, 0.25) is 0 Å². The zero-order chi connectivity index (χ0) is 15.9. The van der Waals surface area contributed by atoms with E-state index in [0.29, 0.717) is 30.2 Å². The predicted molar refractivity (Wildman–Crippen MR) is 88.9 cm³/mol. The van der Waals surface area contributed by atoms with Crippen LogP contribution in [0.25, 0.3) is 0 Å². The van der Waals surface area contributed by atoms with Crippen LogP contribution in [0.1, 0.15) is 21.5 Å². The molecule has 0 saturated carbocycles. The summed E-state index contributed by atoms with van der Waals surface area (Å²) in [6.45, 7) is 6.47. The van der Waals surface area contributed by atoms with Crippen LogP contribution >= 0.6 is 0 Å². The number of carbonyl (C=O) groups excluding carboxylic acids is 1. The van der Waals surface area contributed by atoms with Crippen LogP contribution in [-0.2, 0) is 6.54 Å². The Kier molecular flexibility index (Phi) is 5.20. The van der Waals surface area contributed by atoms with Crippen molar-refractivity contribution in [2.45, 2.75) is 13.5 Å². The van der Waals surface area contributed by atoms with Crippen LogP contribution in [0.3, 0.4) is 0 Å². The topological polar surface area (TPSA) is 64.3 Å². The molecule has 0 aliphatic carbocycles. The van der Waals surface area contributed by atoms with Crippen molar-refractivity contribution in [2.75, 3.05) is 12.3 Å². The Hall–Kier alpha value is -2.75. The first-order chi connectivity index (χ1) is 10.6. The summed E-state index contributed by atoms with van der Waals surface area (Å²) in [5.74, 6) is 0.387. The average molecular weight is 296 g/mol. The van der Waals surface area contributed by atoms with Gasteiger partial charge in [0.05, 0.1) is 5.69 Å². The van der Waals surface area contributed by atoms with Gasteiger partial charge in [-0.2, -0.15) is 0 Å². The number of benzene rings is 2. The Bertz CT molecular complexity index is 663. The number of nitrogen functional groups attached to an aromatic ring is 1. The average Bonchev–Trinajstić information content (AvgIpc) is 2.53. The number of anilines is 1. The number of rotatable bonds is 6. The van der Waals surface area contributed by atoms with Crippen molar-refractivity contribution in [1.82, 2.24) is 5.32 Å². The van der Waals surface area contributed by atoms with Crippen molar-refractivity contribution in [2.24, 2.45) is 0 Å². The largest absolute Gasteiger partial charge is 0.487 e. The Labute approximate surface area is 130 Å². The zero-order valence-corrected chi connectivity index (χ0v) is 12.6. The van der Waals surface area contributed by atoms with Gasteiger partial charge in [0.15, 0.2) is 0 Å². The Morgan fingerprint density at radius 2 is 2.00 bits per heavy atom. The second-order valence-corrected chi connectivity index (χ2v) is 5.02. The van der Waals surface area contributed by atoms with Crippen LogP contribution in [0.4, 0.5) is 5.69 Å². The van der Waals surface area contributed by atoms with Crippen molar-refractivity contribution in [1.29, 1.82) is 0 Å². The molecule has 2 aromatic carbocycles. The summed E-state index contributed by atoms with van der Waals surface area (Å²) in [5.41, 5.74) is 9.08. The van der Waals surface area contributed by atoms with E-state index < -0.39 is 0 Å². The van der Waals surface area contributed by atoms with Gasteiger partial charge in [-0.05, 0) is 30.7 Å². The summed E-state index contributed by atoms with van der Waals surface area (Å²) in [7, 11) is 0. The molecule has 0 bridgehead atoms. The molecular weight excluding hydrogens is 276 g/mol. The third-order valence-electron chi connectivity index (χ3n) is 3.20. The van der Waals surface area contributed by atoms with E-state index in [2.05, 4.69) is 11.9 Å². The van der Waals surface area contributed by atoms with Crippen molar-refractivity contribution in [3.05, 3.63) is 71.8 Å². The molecule has 3 N–H and O–H groups in total. The van der Waals surface area contributed by atoms with Crippen LogP contribution < -0.4 is 15.8 Å². The summed E-state index contributed by atoms with van der Waals surface area (Å²) >= 11 is 0. The van der Waals surface area contributed by atoms with Crippen LogP contribution in [0.15, 0.2) is 55.1 Å². The van der Waals surface area contributed by atoms with E-state index in [0.717, 1.165) is 5.56 Å². The Balaban J connectivity index is 1.98. The zero-order valence-electron chi connectivity index (χ0n) is 12.6. The Morgan fingerprint density at radius 3 is 2.64 bits per heavy atom. The number of nitrogens with one attached hydrogen (secondary N) is 1. The fourth-order valence-corrected chi connectivity index (χ4v) is 1.96. The number of carbonyl (C=O) groups is 1. The molecule has 22 heavy (non-hydrogen) atoms. The fourth-order valence-electron chi connectivity index (χ4n) is 1.96. The molecule has 0 unspecified atom stereocenters. The molecule has 114 valence electrons. The fraction of sp³-hybridized carbons (Fsp3) is 0.167. The van der Waals surface area contributed by atoms with Gasteiger partial charge in [0, 0.05) is 12.1 Å². The van der Waals surface area contributed by atoms with Gasteiger partial charge in [0.25, 0.3) is 5.91 Å². The van der Waals surface area contributed by atoms with Gasteiger partial charge < -0.3 is 15.8 Å². The van der Waals surface area contributed by atoms with Crippen LogP contribution in [0, 0.1) is 6.92 Å². The van der Waals surface area contributed by atoms with Crippen LogP contribution in [0.5, 0.6) is 5.75 Å². The van der Waals surface area contributed by atoms with E-state index in [1.807, 2.05) is 31.2 Å². The molecule has 0 fully saturated rings. The molecule has 4 nitrogen and oxygen atoms in total. The SMILES string of the molecule is C=CCOc1ccc(C(=O)NCc2ccc(C)cc2)cc1N. The van der Waals surface area contributed by atoms with E-state index >= 15 is 0 Å². The van der Waals surface area contributed by atoms with E-state index in [1.165, 1.54) is 5.56 Å². The third kappa shape index (κ3) is 4.12. The van der Waals surface area contributed by atoms with Crippen LogP contribution in [-0.4, -0.2) is 12.5 Å². The van der Waals surface area contributed by atoms with Crippen molar-refractivity contribution in [3.8, 4) is 5.75 Å². The molecule has 0 radical (unpaired) electrons. The molecule has 0 saturated heterocycles. The highest BCUT2D eigenvalue weighted by Gasteiger charge is 2.08. The van der Waals surface area contributed by atoms with E-state index in [1.54, 1.807) is 24.3 Å². The minimum atomic E-state index is -0.164. The van der Waals surface area contributed by atoms with Gasteiger partial charge in [-0.25, -0.2) is 0 Å². The van der Waals surface area contributed by atoms with E-state index in [-0.39, 0.29) is 5.91 Å². The van der Waals surface area contributed by atoms with Gasteiger partial charge in [0.1, 0.15) is 12.4 Å². The van der Waals surface area contributed by atoms with Gasteiger partial charge in [-0.3, -0.25) is 4.79 Å². The van der Waals surface area contributed by atoms with E-state index in [9.17, 15) is 4.79 Å². The normalized spacial score (nSPS) is 10.0. The number of aryl methyl sites for hydroxylation is 1. The lowest BCUT2D eigenvalue weighted by atomic mass is 10.1. The van der Waals surface area contributed by atoms with Crippen molar-refractivity contribution < 1.29 is 9.53 Å². The second-order valence-electron chi connectivity index (χ2n) is 5.02. The molecule has 2 rings (SSSR count). The quantitative estimate of drug-likeness (QED) is 0.636. The summed E-state index contributed by atoms with van der Waals surface area (Å²) in [6, 6.07) is 13.0. The lowest BCUT2D eigenvalue weighted by Crippen LogP contribution is -2.22. The summed E-state index contributed by atoms with van der Waals surface area (Å²) in [4.78, 5) is 12.1. The van der Waals surface area contributed by atoms with Crippen LogP contribution in [0.2, 0.25) is 0 Å². The molecule has 4 heteroatoms. The lowest BCUT2D eigenvalue weighted by molar-refractivity contribution is 0.0951. The lowest BCUT2D eigenvalue weighted by Gasteiger charge is -2.10. The van der Waals surface area contributed by atoms with E-state index in [4.69, 9.17) is 10.5 Å². The molecule has 0 atom stereocenters. The van der Waals surface area contributed by atoms with Gasteiger partial charge in [-0.1, -0.05) is 42.5 Å². The number of amides is 1. The van der Waals surface area contributed by atoms with Crippen molar-refractivity contribution in [3.63, 3.8) is 0 Å². The molecule has 0 heterocycles. The highest BCUT2D eigenvalue weighted by molar-refractivity contribution is 5.95. The van der Waals surface area contributed by atoms with Gasteiger partial charge >= 0.3 is 0 Å². The molecule has 1 amide bonds. The maximum atomic E-state index is 12.1. The first kappa shape index (κ1) is 15.6.